The van der Waals surface area contributed by atoms with Crippen molar-refractivity contribution < 1.29 is 9.59 Å². The summed E-state index contributed by atoms with van der Waals surface area (Å²) >= 11 is 0. The highest BCUT2D eigenvalue weighted by atomic mass is 16.2. The van der Waals surface area contributed by atoms with Gasteiger partial charge in [-0.2, -0.15) is 0 Å². The summed E-state index contributed by atoms with van der Waals surface area (Å²) in [6, 6.07) is 15.5. The minimum absolute atomic E-state index is 0.0402. The molecular formula is C22H26N2O2. The Balaban J connectivity index is 1.60. The molecule has 0 bridgehead atoms. The van der Waals surface area contributed by atoms with E-state index >= 15 is 0 Å². The molecule has 0 unspecified atom stereocenters. The number of piperazine rings is 1. The largest absolute Gasteiger partial charge is 0.335 e. The summed E-state index contributed by atoms with van der Waals surface area (Å²) in [5.41, 5.74) is 3.79. The van der Waals surface area contributed by atoms with Gasteiger partial charge >= 0.3 is 0 Å². The summed E-state index contributed by atoms with van der Waals surface area (Å²) in [5.74, 6) is 0.539. The van der Waals surface area contributed by atoms with Crippen molar-refractivity contribution in [2.75, 3.05) is 26.2 Å². The molecule has 0 N–H and O–H groups in total. The van der Waals surface area contributed by atoms with Crippen molar-refractivity contribution in [1.29, 1.82) is 0 Å². The van der Waals surface area contributed by atoms with E-state index in [2.05, 4.69) is 13.8 Å². The van der Waals surface area contributed by atoms with Crippen LogP contribution in [0.25, 0.3) is 0 Å². The third-order valence-electron chi connectivity index (χ3n) is 4.98. The normalized spacial score (nSPS) is 14.6. The van der Waals surface area contributed by atoms with Gasteiger partial charge in [0.05, 0.1) is 0 Å². The average Bonchev–Trinajstić information content (AvgIpc) is 2.67. The van der Waals surface area contributed by atoms with E-state index in [1.54, 1.807) is 0 Å². The number of aryl methyl sites for hydroxylation is 1. The van der Waals surface area contributed by atoms with Crippen LogP contribution in [0.2, 0.25) is 0 Å². The van der Waals surface area contributed by atoms with Gasteiger partial charge in [-0.1, -0.05) is 43.7 Å². The van der Waals surface area contributed by atoms with E-state index in [1.807, 2.05) is 65.3 Å². The fourth-order valence-electron chi connectivity index (χ4n) is 3.18. The van der Waals surface area contributed by atoms with Crippen molar-refractivity contribution in [3.63, 3.8) is 0 Å². The Bertz CT molecular complexity index is 771. The third-order valence-corrected chi connectivity index (χ3v) is 4.98. The summed E-state index contributed by atoms with van der Waals surface area (Å²) in [6.45, 7) is 8.57. The van der Waals surface area contributed by atoms with E-state index in [4.69, 9.17) is 0 Å². The molecule has 4 nitrogen and oxygen atoms in total. The number of hydrogen-bond acceptors (Lipinski definition) is 2. The van der Waals surface area contributed by atoms with Crippen LogP contribution in [0.5, 0.6) is 0 Å². The van der Waals surface area contributed by atoms with Gasteiger partial charge in [-0.15, -0.1) is 0 Å². The maximum atomic E-state index is 12.7. The molecule has 0 atom stereocenters. The second-order valence-electron chi connectivity index (χ2n) is 7.23. The smallest absolute Gasteiger partial charge is 0.253 e. The predicted octanol–water partition coefficient (Wildman–Crippen LogP) is 3.72. The van der Waals surface area contributed by atoms with E-state index in [0.29, 0.717) is 43.2 Å². The van der Waals surface area contributed by atoms with Crippen LogP contribution in [0.4, 0.5) is 0 Å². The number of carbonyl (C=O) groups excluding carboxylic acids is 2. The first-order valence-electron chi connectivity index (χ1n) is 9.21. The van der Waals surface area contributed by atoms with Gasteiger partial charge < -0.3 is 9.80 Å². The SMILES string of the molecule is Cc1ccc(C(=O)N2CCN(C(=O)c3ccc(C(C)C)cc3)CC2)cc1. The van der Waals surface area contributed by atoms with Crippen molar-refractivity contribution in [3.05, 3.63) is 70.8 Å². The number of nitrogens with zero attached hydrogens (tertiary/aromatic N) is 2. The van der Waals surface area contributed by atoms with E-state index in [0.717, 1.165) is 5.56 Å². The molecule has 2 aromatic rings. The molecule has 0 saturated carbocycles. The van der Waals surface area contributed by atoms with Gasteiger partial charge in [-0.05, 0) is 42.7 Å². The molecule has 2 aromatic carbocycles. The Morgan fingerprint density at radius 2 is 1.12 bits per heavy atom. The third kappa shape index (κ3) is 3.96. The van der Waals surface area contributed by atoms with Crippen molar-refractivity contribution in [1.82, 2.24) is 9.80 Å². The fraction of sp³-hybridized carbons (Fsp3) is 0.364. The van der Waals surface area contributed by atoms with Crippen LogP contribution in [0.15, 0.2) is 48.5 Å². The highest BCUT2D eigenvalue weighted by Crippen LogP contribution is 2.17. The van der Waals surface area contributed by atoms with Gasteiger partial charge in [-0.25, -0.2) is 0 Å². The minimum Gasteiger partial charge on any atom is -0.335 e. The van der Waals surface area contributed by atoms with Crippen molar-refractivity contribution in [3.8, 4) is 0 Å². The monoisotopic (exact) mass is 350 g/mol. The molecule has 0 radical (unpaired) electrons. The quantitative estimate of drug-likeness (QED) is 0.846. The van der Waals surface area contributed by atoms with Gasteiger partial charge in [0, 0.05) is 37.3 Å². The maximum Gasteiger partial charge on any atom is 0.253 e. The molecule has 1 saturated heterocycles. The molecule has 136 valence electrons. The Morgan fingerprint density at radius 1 is 0.731 bits per heavy atom. The van der Waals surface area contributed by atoms with Crippen LogP contribution < -0.4 is 0 Å². The maximum absolute atomic E-state index is 12.7. The Kier molecular flexibility index (Phi) is 5.40. The first-order valence-corrected chi connectivity index (χ1v) is 9.21. The zero-order valence-electron chi connectivity index (χ0n) is 15.7. The van der Waals surface area contributed by atoms with Gasteiger partial charge in [-0.3, -0.25) is 9.59 Å². The molecule has 1 heterocycles. The van der Waals surface area contributed by atoms with E-state index in [9.17, 15) is 9.59 Å². The summed E-state index contributed by atoms with van der Waals surface area (Å²) in [5, 5.41) is 0. The van der Waals surface area contributed by atoms with E-state index < -0.39 is 0 Å². The Morgan fingerprint density at radius 3 is 1.50 bits per heavy atom. The second kappa shape index (κ2) is 7.73. The Labute approximate surface area is 155 Å². The standard InChI is InChI=1S/C22H26N2O2/c1-16(2)18-8-10-20(11-9-18)22(26)24-14-12-23(13-15-24)21(25)19-6-4-17(3)5-7-19/h4-11,16H,12-15H2,1-3H3. The second-order valence-corrected chi connectivity index (χ2v) is 7.23. The van der Waals surface area contributed by atoms with Gasteiger partial charge in [0.1, 0.15) is 0 Å². The number of rotatable bonds is 3. The average molecular weight is 350 g/mol. The van der Waals surface area contributed by atoms with Gasteiger partial charge in [0.15, 0.2) is 0 Å². The van der Waals surface area contributed by atoms with Crippen LogP contribution in [0.3, 0.4) is 0 Å². The lowest BCUT2D eigenvalue weighted by atomic mass is 10.0. The van der Waals surface area contributed by atoms with Crippen LogP contribution in [0.1, 0.15) is 51.6 Å². The highest BCUT2D eigenvalue weighted by Gasteiger charge is 2.25. The van der Waals surface area contributed by atoms with E-state index in [-0.39, 0.29) is 11.8 Å². The lowest BCUT2D eigenvalue weighted by Crippen LogP contribution is -2.50. The molecule has 1 aliphatic rings. The summed E-state index contributed by atoms with van der Waals surface area (Å²) in [6.07, 6.45) is 0. The predicted molar refractivity (Wildman–Crippen MR) is 104 cm³/mol. The van der Waals surface area contributed by atoms with Gasteiger partial charge in [0.25, 0.3) is 11.8 Å². The zero-order chi connectivity index (χ0) is 18.7. The Hall–Kier alpha value is -2.62. The lowest BCUT2D eigenvalue weighted by Gasteiger charge is -2.35. The van der Waals surface area contributed by atoms with Crippen LogP contribution in [0, 0.1) is 6.92 Å². The molecule has 0 aliphatic carbocycles. The molecule has 3 rings (SSSR count). The molecule has 4 heteroatoms. The van der Waals surface area contributed by atoms with Crippen LogP contribution in [-0.4, -0.2) is 47.8 Å². The topological polar surface area (TPSA) is 40.6 Å². The minimum atomic E-state index is 0.0402. The molecule has 2 amide bonds. The lowest BCUT2D eigenvalue weighted by molar-refractivity contribution is 0.0535. The van der Waals surface area contributed by atoms with Crippen LogP contribution in [-0.2, 0) is 0 Å². The van der Waals surface area contributed by atoms with Gasteiger partial charge in [0.2, 0.25) is 0 Å². The summed E-state index contributed by atoms with van der Waals surface area (Å²) in [4.78, 5) is 28.9. The van der Waals surface area contributed by atoms with Crippen molar-refractivity contribution in [2.24, 2.45) is 0 Å². The number of benzene rings is 2. The first-order chi connectivity index (χ1) is 12.5. The summed E-state index contributed by atoms with van der Waals surface area (Å²) < 4.78 is 0. The highest BCUT2D eigenvalue weighted by molar-refractivity contribution is 5.96. The fourth-order valence-corrected chi connectivity index (χ4v) is 3.18. The van der Waals surface area contributed by atoms with Crippen molar-refractivity contribution in [2.45, 2.75) is 26.7 Å². The zero-order valence-corrected chi connectivity index (χ0v) is 15.7. The molecule has 0 aromatic heterocycles. The number of carbonyl (C=O) groups is 2. The molecule has 1 fully saturated rings. The number of hydrogen-bond donors (Lipinski definition) is 0. The first kappa shape index (κ1) is 18.2. The number of amides is 2. The van der Waals surface area contributed by atoms with E-state index in [1.165, 1.54) is 5.56 Å². The van der Waals surface area contributed by atoms with Crippen LogP contribution >= 0.6 is 0 Å². The molecule has 0 spiro atoms. The molecular weight excluding hydrogens is 324 g/mol. The molecule has 1 aliphatic heterocycles. The summed E-state index contributed by atoms with van der Waals surface area (Å²) in [7, 11) is 0. The van der Waals surface area contributed by atoms with Crippen molar-refractivity contribution >= 4 is 11.8 Å². The molecule has 26 heavy (non-hydrogen) atoms.